The summed E-state index contributed by atoms with van der Waals surface area (Å²) in [6.45, 7) is 4.06. The molecule has 3 aromatic carbocycles. The molecule has 0 saturated heterocycles. The predicted molar refractivity (Wildman–Crippen MR) is 117 cm³/mol. The van der Waals surface area contributed by atoms with Gasteiger partial charge in [-0.1, -0.05) is 47.5 Å². The van der Waals surface area contributed by atoms with Crippen molar-refractivity contribution in [2.75, 3.05) is 6.54 Å². The first-order valence-electron chi connectivity index (χ1n) is 9.40. The highest BCUT2D eigenvalue weighted by atomic mass is 127. The fourth-order valence-electron chi connectivity index (χ4n) is 2.48. The van der Waals surface area contributed by atoms with Gasteiger partial charge in [0.25, 0.3) is 0 Å². The van der Waals surface area contributed by atoms with Crippen LogP contribution in [0.1, 0.15) is 18.1 Å². The molecule has 3 rings (SSSR count). The Morgan fingerprint density at radius 1 is 1.00 bits per heavy atom. The van der Waals surface area contributed by atoms with Crippen molar-refractivity contribution >= 4 is 27.6 Å². The van der Waals surface area contributed by atoms with Gasteiger partial charge in [0.15, 0.2) is 7.14 Å². The summed E-state index contributed by atoms with van der Waals surface area (Å²) in [6.07, 6.45) is 0.878. The second-order valence-electron chi connectivity index (χ2n) is 6.62. The molecule has 0 saturated carbocycles. The summed E-state index contributed by atoms with van der Waals surface area (Å²) >= 11 is 5.71. The van der Waals surface area contributed by atoms with E-state index in [2.05, 4.69) is 41.7 Å². The van der Waals surface area contributed by atoms with Crippen molar-refractivity contribution in [3.63, 3.8) is 0 Å². The maximum absolute atomic E-state index is 10.9. The second-order valence-corrected chi connectivity index (χ2v) is 11.4. The molecule has 0 bridgehead atoms. The zero-order chi connectivity index (χ0) is 22.9. The number of amides is 1. The van der Waals surface area contributed by atoms with Crippen molar-refractivity contribution in [3.05, 3.63) is 96.1 Å². The number of halogens is 2. The van der Waals surface area contributed by atoms with Gasteiger partial charge < -0.3 is 9.87 Å². The van der Waals surface area contributed by atoms with E-state index in [9.17, 15) is 17.8 Å². The summed E-state index contributed by atoms with van der Waals surface area (Å²) in [5.41, 5.74) is 2.25. The maximum atomic E-state index is 10.9. The van der Waals surface area contributed by atoms with E-state index >= 15 is 0 Å². The van der Waals surface area contributed by atoms with Crippen LogP contribution in [0.4, 0.5) is 0 Å². The third kappa shape index (κ3) is 9.39. The van der Waals surface area contributed by atoms with Gasteiger partial charge in [-0.25, -0.2) is 8.42 Å². The highest BCUT2D eigenvalue weighted by Crippen LogP contribution is 2.08. The Balaban J connectivity index is 0.000000262. The summed E-state index contributed by atoms with van der Waals surface area (Å²) in [4.78, 5) is 10.7. The average Bonchev–Trinajstić information content (AvgIpc) is 2.71. The van der Waals surface area contributed by atoms with E-state index in [1.807, 2.05) is 19.1 Å². The second kappa shape index (κ2) is 12.2. The third-order valence-corrected chi connectivity index (χ3v) is 8.13. The predicted octanol–water partition coefficient (Wildman–Crippen LogP) is 1.05. The normalized spacial score (nSPS) is 10.7. The Kier molecular flexibility index (Phi) is 9.95. The summed E-state index contributed by atoms with van der Waals surface area (Å²) in [5, 5.41) is 3.62. The van der Waals surface area contributed by atoms with Gasteiger partial charge in [-0.15, -0.1) is 0 Å². The minimum atomic E-state index is -4.27. The number of hydrogen-bond donors (Lipinski definition) is 1. The molecular weight excluding hydrogens is 549 g/mol. The molecule has 31 heavy (non-hydrogen) atoms. The van der Waals surface area contributed by atoms with Crippen LogP contribution in [0.15, 0.2) is 77.7 Å². The fourth-order valence-corrected chi connectivity index (χ4v) is 5.65. The lowest BCUT2D eigenvalue weighted by atomic mass is 10.1. The minimum absolute atomic E-state index is 0.0230. The molecular formula is C23H23ClINO4S. The third-order valence-electron chi connectivity index (χ3n) is 4.05. The molecule has 0 aliphatic heterocycles. The Hall–Kier alpha value is -1.94. The first-order chi connectivity index (χ1) is 14.6. The van der Waals surface area contributed by atoms with E-state index in [-0.39, 0.29) is 32.0 Å². The Bertz CT molecular complexity index is 1100. The molecule has 0 radical (unpaired) electrons. The topological polar surface area (TPSA) is 86.3 Å². The van der Waals surface area contributed by atoms with Crippen LogP contribution in [-0.4, -0.2) is 25.4 Å². The molecule has 0 atom stereocenters. The van der Waals surface area contributed by atoms with E-state index in [1.54, 1.807) is 19.1 Å². The van der Waals surface area contributed by atoms with Crippen LogP contribution in [-0.2, 0) is 21.3 Å². The number of benzene rings is 3. The zero-order valence-corrected chi connectivity index (χ0v) is 20.9. The van der Waals surface area contributed by atoms with Crippen molar-refractivity contribution in [1.29, 1.82) is 0 Å². The lowest BCUT2D eigenvalue weighted by Gasteiger charge is -2.05. The Labute approximate surface area is 198 Å². The molecule has 0 aliphatic rings. The molecule has 0 fully saturated rings. The summed E-state index contributed by atoms with van der Waals surface area (Å²) in [7, 11) is -4.27. The first kappa shape index (κ1) is 25.3. The number of carbonyl (C=O) groups is 1. The van der Waals surface area contributed by atoms with Gasteiger partial charge in [-0.2, -0.15) is 0 Å². The van der Waals surface area contributed by atoms with E-state index in [0.29, 0.717) is 6.54 Å². The van der Waals surface area contributed by atoms with E-state index in [0.717, 1.165) is 17.0 Å². The zero-order valence-electron chi connectivity index (χ0n) is 17.1. The lowest BCUT2D eigenvalue weighted by Crippen LogP contribution is -3.61. The number of carbonyl (C=O) groups excluding carboxylic acids is 1. The molecule has 0 aliphatic carbocycles. The largest absolute Gasteiger partial charge is 0.744 e. The SMILES string of the molecule is CC(=O)NCCc1ccccc1[I+]c1ccc(Cl)cc1.Cc1ccc(S(=O)(=O)[O-])cc1. The highest BCUT2D eigenvalue weighted by molar-refractivity contribution is 7.85. The molecule has 0 aromatic heterocycles. The lowest BCUT2D eigenvalue weighted by molar-refractivity contribution is -0.598. The van der Waals surface area contributed by atoms with Crippen LogP contribution < -0.4 is 26.5 Å². The molecule has 1 amide bonds. The first-order valence-corrected chi connectivity index (χ1v) is 13.3. The quantitative estimate of drug-likeness (QED) is 0.354. The number of nitrogens with one attached hydrogen (secondary N) is 1. The molecule has 3 aromatic rings. The molecule has 0 spiro atoms. The van der Waals surface area contributed by atoms with Crippen molar-refractivity contribution in [1.82, 2.24) is 5.32 Å². The van der Waals surface area contributed by atoms with Crippen molar-refractivity contribution in [3.8, 4) is 0 Å². The van der Waals surface area contributed by atoms with Crippen LogP contribution in [0.2, 0.25) is 5.02 Å². The molecule has 1 N–H and O–H groups in total. The average molecular weight is 572 g/mol. The summed E-state index contributed by atoms with van der Waals surface area (Å²) in [5.74, 6) is 0.0230. The van der Waals surface area contributed by atoms with Crippen LogP contribution in [0, 0.1) is 14.1 Å². The molecule has 0 heterocycles. The van der Waals surface area contributed by atoms with Crippen molar-refractivity contribution < 1.29 is 39.0 Å². The van der Waals surface area contributed by atoms with Gasteiger partial charge in [0.05, 0.1) is 4.90 Å². The van der Waals surface area contributed by atoms with Gasteiger partial charge in [-0.3, -0.25) is 4.79 Å². The van der Waals surface area contributed by atoms with E-state index < -0.39 is 10.1 Å². The monoisotopic (exact) mass is 571 g/mol. The van der Waals surface area contributed by atoms with Gasteiger partial charge in [0, 0.05) is 24.1 Å². The molecule has 164 valence electrons. The van der Waals surface area contributed by atoms with Gasteiger partial charge in [0.1, 0.15) is 10.1 Å². The number of rotatable bonds is 6. The number of aryl methyl sites for hydroxylation is 1. The van der Waals surface area contributed by atoms with Gasteiger partial charge >= 0.3 is 21.2 Å². The van der Waals surface area contributed by atoms with Crippen molar-refractivity contribution in [2.45, 2.75) is 25.2 Å². The van der Waals surface area contributed by atoms with Gasteiger partial charge in [-0.05, 0) is 55.8 Å². The smallest absolute Gasteiger partial charge is 0.358 e. The Morgan fingerprint density at radius 2 is 1.61 bits per heavy atom. The molecule has 5 nitrogen and oxygen atoms in total. The summed E-state index contributed by atoms with van der Waals surface area (Å²) < 4.78 is 33.9. The standard InChI is InChI=1S/C16H15ClINO.C7H8O3S/c1-12(20)19-11-10-13-4-2-3-5-16(13)18-15-8-6-14(17)7-9-15;1-6-2-4-7(5-3-6)11(8,9)10/h2-9H,10-11H2,1H3;2-5H,1H3,(H,8,9,10). The van der Waals surface area contributed by atoms with Gasteiger partial charge in [0.2, 0.25) is 5.91 Å². The molecule has 0 unspecified atom stereocenters. The minimum Gasteiger partial charge on any atom is -0.744 e. The van der Waals surface area contributed by atoms with Crippen molar-refractivity contribution in [2.24, 2.45) is 0 Å². The molecule has 8 heteroatoms. The summed E-state index contributed by atoms with van der Waals surface area (Å²) in [6, 6.07) is 22.3. The van der Waals surface area contributed by atoms with E-state index in [4.69, 9.17) is 11.6 Å². The van der Waals surface area contributed by atoms with Crippen LogP contribution >= 0.6 is 11.6 Å². The Morgan fingerprint density at radius 3 is 2.19 bits per heavy atom. The van der Waals surface area contributed by atoms with Crippen LogP contribution in [0.25, 0.3) is 0 Å². The van der Waals surface area contributed by atoms with Crippen LogP contribution in [0.3, 0.4) is 0 Å². The van der Waals surface area contributed by atoms with Crippen LogP contribution in [0.5, 0.6) is 0 Å². The number of hydrogen-bond acceptors (Lipinski definition) is 4. The fraction of sp³-hybridized carbons (Fsp3) is 0.174. The maximum Gasteiger partial charge on any atom is 0.358 e. The highest BCUT2D eigenvalue weighted by Gasteiger charge is 2.19. The van der Waals surface area contributed by atoms with E-state index in [1.165, 1.54) is 24.8 Å².